The Kier molecular flexibility index (Phi) is 4.09. The fourth-order valence-corrected chi connectivity index (χ4v) is 2.60. The quantitative estimate of drug-likeness (QED) is 0.923. The van der Waals surface area contributed by atoms with Gasteiger partial charge in [-0.2, -0.15) is 0 Å². The van der Waals surface area contributed by atoms with Crippen LogP contribution in [-0.4, -0.2) is 41.6 Å². The van der Waals surface area contributed by atoms with Crippen LogP contribution in [0.1, 0.15) is 23.2 Å². The van der Waals surface area contributed by atoms with Crippen molar-refractivity contribution in [2.24, 2.45) is 0 Å². The number of hydrogen-bond acceptors (Lipinski definition) is 3. The van der Waals surface area contributed by atoms with Crippen molar-refractivity contribution < 1.29 is 19.4 Å². The summed E-state index contributed by atoms with van der Waals surface area (Å²) in [5, 5.41) is 9.12. The second-order valence-electron chi connectivity index (χ2n) is 4.34. The molecule has 2 rings (SSSR count). The van der Waals surface area contributed by atoms with Gasteiger partial charge in [0.15, 0.2) is 0 Å². The molecule has 0 unspecified atom stereocenters. The molecule has 0 bridgehead atoms. The zero-order valence-corrected chi connectivity index (χ0v) is 12.0. The first-order valence-corrected chi connectivity index (χ1v) is 6.71. The Morgan fingerprint density at radius 2 is 2.21 bits per heavy atom. The molecule has 0 saturated carbocycles. The Balaban J connectivity index is 2.31. The minimum absolute atomic E-state index is 0.297. The summed E-state index contributed by atoms with van der Waals surface area (Å²) in [5.74, 6) is -0.813. The summed E-state index contributed by atoms with van der Waals surface area (Å²) < 4.78 is 5.98. The van der Waals surface area contributed by atoms with E-state index in [0.29, 0.717) is 30.7 Å². The molecular weight excluding hydrogens is 314 g/mol. The second kappa shape index (κ2) is 5.61. The SMILES string of the molecule is COc1cc(Br)ccc1C(=O)N1CCC[C@H]1C(=O)O. The molecule has 1 aliphatic rings. The van der Waals surface area contributed by atoms with E-state index in [4.69, 9.17) is 9.84 Å². The van der Waals surface area contributed by atoms with Crippen molar-refractivity contribution in [3.05, 3.63) is 28.2 Å². The van der Waals surface area contributed by atoms with Gasteiger partial charge in [0.25, 0.3) is 5.91 Å². The van der Waals surface area contributed by atoms with Crippen molar-refractivity contribution in [3.63, 3.8) is 0 Å². The maximum atomic E-state index is 12.4. The highest BCUT2D eigenvalue weighted by Crippen LogP contribution is 2.27. The van der Waals surface area contributed by atoms with E-state index >= 15 is 0 Å². The lowest BCUT2D eigenvalue weighted by Gasteiger charge is -2.22. The van der Waals surface area contributed by atoms with Crippen LogP contribution in [0.25, 0.3) is 0 Å². The summed E-state index contributed by atoms with van der Waals surface area (Å²) in [5.41, 5.74) is 0.388. The minimum atomic E-state index is -0.957. The Labute approximate surface area is 119 Å². The van der Waals surface area contributed by atoms with Crippen LogP contribution in [0.4, 0.5) is 0 Å². The number of carboxylic acid groups (broad SMARTS) is 1. The summed E-state index contributed by atoms with van der Waals surface area (Å²) >= 11 is 3.31. The highest BCUT2D eigenvalue weighted by Gasteiger charge is 2.35. The van der Waals surface area contributed by atoms with Gasteiger partial charge in [-0.3, -0.25) is 4.79 Å². The molecule has 1 aromatic rings. The number of carbonyl (C=O) groups is 2. The van der Waals surface area contributed by atoms with Crippen LogP contribution in [0.5, 0.6) is 5.75 Å². The number of ether oxygens (including phenoxy) is 1. The third-order valence-corrected chi connectivity index (χ3v) is 3.69. The molecule has 1 amide bonds. The summed E-state index contributed by atoms with van der Waals surface area (Å²) in [6, 6.07) is 4.34. The first kappa shape index (κ1) is 13.9. The zero-order valence-electron chi connectivity index (χ0n) is 10.4. The van der Waals surface area contributed by atoms with E-state index in [9.17, 15) is 9.59 Å². The molecule has 1 atom stereocenters. The Morgan fingerprint density at radius 1 is 1.47 bits per heavy atom. The topological polar surface area (TPSA) is 66.8 Å². The molecule has 19 heavy (non-hydrogen) atoms. The molecule has 1 aromatic carbocycles. The number of amides is 1. The van der Waals surface area contributed by atoms with E-state index in [1.165, 1.54) is 12.0 Å². The lowest BCUT2D eigenvalue weighted by Crippen LogP contribution is -2.40. The molecule has 102 valence electrons. The Bertz CT molecular complexity index is 517. The molecular formula is C13H14BrNO4. The third kappa shape index (κ3) is 2.73. The van der Waals surface area contributed by atoms with Crippen LogP contribution < -0.4 is 4.74 Å². The van der Waals surface area contributed by atoms with Crippen molar-refractivity contribution in [1.29, 1.82) is 0 Å². The van der Waals surface area contributed by atoms with E-state index in [2.05, 4.69) is 15.9 Å². The van der Waals surface area contributed by atoms with Gasteiger partial charge in [0.1, 0.15) is 11.8 Å². The van der Waals surface area contributed by atoms with E-state index < -0.39 is 12.0 Å². The van der Waals surface area contributed by atoms with Crippen molar-refractivity contribution in [2.45, 2.75) is 18.9 Å². The fourth-order valence-electron chi connectivity index (χ4n) is 2.26. The van der Waals surface area contributed by atoms with Crippen molar-refractivity contribution in [3.8, 4) is 5.75 Å². The number of nitrogens with zero attached hydrogens (tertiary/aromatic N) is 1. The number of likely N-dealkylation sites (tertiary alicyclic amines) is 1. The minimum Gasteiger partial charge on any atom is -0.496 e. The molecule has 0 radical (unpaired) electrons. The number of carboxylic acids is 1. The molecule has 6 heteroatoms. The number of carbonyl (C=O) groups excluding carboxylic acids is 1. The lowest BCUT2D eigenvalue weighted by molar-refractivity contribution is -0.141. The van der Waals surface area contributed by atoms with Crippen LogP contribution in [0.15, 0.2) is 22.7 Å². The van der Waals surface area contributed by atoms with Crippen LogP contribution in [0, 0.1) is 0 Å². The normalized spacial score (nSPS) is 18.4. The largest absolute Gasteiger partial charge is 0.496 e. The zero-order chi connectivity index (χ0) is 14.0. The van der Waals surface area contributed by atoms with Gasteiger partial charge in [0, 0.05) is 11.0 Å². The summed E-state index contributed by atoms with van der Waals surface area (Å²) in [4.78, 5) is 24.9. The van der Waals surface area contributed by atoms with E-state index in [1.54, 1.807) is 18.2 Å². The van der Waals surface area contributed by atoms with Gasteiger partial charge in [-0.1, -0.05) is 15.9 Å². The van der Waals surface area contributed by atoms with Gasteiger partial charge in [-0.15, -0.1) is 0 Å². The third-order valence-electron chi connectivity index (χ3n) is 3.19. The fraction of sp³-hybridized carbons (Fsp3) is 0.385. The standard InChI is InChI=1S/C13H14BrNO4/c1-19-11-7-8(14)4-5-9(11)12(16)15-6-2-3-10(15)13(17)18/h4-5,7,10H,2-3,6H2,1H3,(H,17,18)/t10-/m0/s1. The van der Waals surface area contributed by atoms with Crippen LogP contribution in [0.3, 0.4) is 0 Å². The molecule has 1 N–H and O–H groups in total. The van der Waals surface area contributed by atoms with Gasteiger partial charge in [-0.25, -0.2) is 4.79 Å². The molecule has 1 heterocycles. The molecule has 0 aliphatic carbocycles. The Hall–Kier alpha value is -1.56. The number of hydrogen-bond donors (Lipinski definition) is 1. The van der Waals surface area contributed by atoms with Crippen molar-refractivity contribution in [1.82, 2.24) is 4.90 Å². The first-order chi connectivity index (χ1) is 9.04. The van der Waals surface area contributed by atoms with Crippen LogP contribution in [-0.2, 0) is 4.79 Å². The monoisotopic (exact) mass is 327 g/mol. The summed E-state index contributed by atoms with van der Waals surface area (Å²) in [6.45, 7) is 0.467. The number of halogens is 1. The van der Waals surface area contributed by atoms with Gasteiger partial charge >= 0.3 is 5.97 Å². The first-order valence-electron chi connectivity index (χ1n) is 5.92. The maximum absolute atomic E-state index is 12.4. The molecule has 5 nitrogen and oxygen atoms in total. The number of methoxy groups -OCH3 is 1. The second-order valence-corrected chi connectivity index (χ2v) is 5.26. The molecule has 1 fully saturated rings. The van der Waals surface area contributed by atoms with E-state index in [-0.39, 0.29) is 5.91 Å². The van der Waals surface area contributed by atoms with Crippen LogP contribution >= 0.6 is 15.9 Å². The number of benzene rings is 1. The molecule has 1 saturated heterocycles. The van der Waals surface area contributed by atoms with E-state index in [0.717, 1.165) is 4.47 Å². The van der Waals surface area contributed by atoms with Gasteiger partial charge in [0.2, 0.25) is 0 Å². The van der Waals surface area contributed by atoms with Crippen molar-refractivity contribution in [2.75, 3.05) is 13.7 Å². The highest BCUT2D eigenvalue weighted by molar-refractivity contribution is 9.10. The average molecular weight is 328 g/mol. The molecule has 0 aromatic heterocycles. The molecule has 0 spiro atoms. The maximum Gasteiger partial charge on any atom is 0.326 e. The number of rotatable bonds is 3. The summed E-state index contributed by atoms with van der Waals surface area (Å²) in [7, 11) is 1.48. The summed E-state index contributed by atoms with van der Waals surface area (Å²) in [6.07, 6.45) is 1.21. The van der Waals surface area contributed by atoms with Gasteiger partial charge in [-0.05, 0) is 31.0 Å². The molecule has 1 aliphatic heterocycles. The van der Waals surface area contributed by atoms with Gasteiger partial charge in [0.05, 0.1) is 12.7 Å². The van der Waals surface area contributed by atoms with Crippen molar-refractivity contribution >= 4 is 27.8 Å². The highest BCUT2D eigenvalue weighted by atomic mass is 79.9. The average Bonchev–Trinajstić information content (AvgIpc) is 2.87. The Morgan fingerprint density at radius 3 is 2.84 bits per heavy atom. The van der Waals surface area contributed by atoms with Crippen LogP contribution in [0.2, 0.25) is 0 Å². The smallest absolute Gasteiger partial charge is 0.326 e. The van der Waals surface area contributed by atoms with E-state index in [1.807, 2.05) is 0 Å². The van der Waals surface area contributed by atoms with Gasteiger partial charge < -0.3 is 14.7 Å². The predicted octanol–water partition coefficient (Wildman–Crippen LogP) is 2.15. The predicted molar refractivity (Wildman–Crippen MR) is 72.4 cm³/mol. The lowest BCUT2D eigenvalue weighted by atomic mass is 10.1. The number of aliphatic carboxylic acids is 1.